The first-order chi connectivity index (χ1) is 8.81. The van der Waals surface area contributed by atoms with Gasteiger partial charge in [0.05, 0.1) is 6.04 Å². The van der Waals surface area contributed by atoms with Gasteiger partial charge in [0, 0.05) is 24.4 Å². The molecule has 1 N–H and O–H groups in total. The van der Waals surface area contributed by atoms with Gasteiger partial charge in [0.25, 0.3) is 0 Å². The van der Waals surface area contributed by atoms with Crippen LogP contribution in [0.3, 0.4) is 0 Å². The lowest BCUT2D eigenvalue weighted by Gasteiger charge is -2.36. The van der Waals surface area contributed by atoms with E-state index in [4.69, 9.17) is 5.11 Å². The summed E-state index contributed by atoms with van der Waals surface area (Å²) in [6.07, 6.45) is 4.58. The van der Waals surface area contributed by atoms with Crippen LogP contribution >= 0.6 is 11.3 Å². The summed E-state index contributed by atoms with van der Waals surface area (Å²) in [6.45, 7) is 0.969. The molecule has 1 atom stereocenters. The summed E-state index contributed by atoms with van der Waals surface area (Å²) in [5, 5.41) is 11.0. The topological polar surface area (TPSA) is 40.5 Å². The number of amides is 1. The Balaban J connectivity index is 1.80. The van der Waals surface area contributed by atoms with E-state index < -0.39 is 0 Å². The fraction of sp³-hybridized carbons (Fsp3) is 0.643. The lowest BCUT2D eigenvalue weighted by molar-refractivity contribution is -0.134. The quantitative estimate of drug-likeness (QED) is 0.908. The maximum Gasteiger partial charge on any atom is 0.223 e. The van der Waals surface area contributed by atoms with E-state index >= 15 is 0 Å². The number of hydrogen-bond donors (Lipinski definition) is 1. The van der Waals surface area contributed by atoms with E-state index in [1.54, 1.807) is 0 Å². The molecule has 1 aliphatic heterocycles. The highest BCUT2D eigenvalue weighted by molar-refractivity contribution is 7.10. The molecule has 3 rings (SSSR count). The Morgan fingerprint density at radius 2 is 2.33 bits per heavy atom. The predicted molar refractivity (Wildman–Crippen MR) is 71.5 cm³/mol. The Kier molecular flexibility index (Phi) is 3.39. The fourth-order valence-corrected chi connectivity index (χ4v) is 3.83. The van der Waals surface area contributed by atoms with Crippen LogP contribution < -0.4 is 0 Å². The van der Waals surface area contributed by atoms with Crippen molar-refractivity contribution in [3.63, 3.8) is 0 Å². The minimum Gasteiger partial charge on any atom is -0.396 e. The molecule has 0 aromatic carbocycles. The zero-order valence-electron chi connectivity index (χ0n) is 10.5. The highest BCUT2D eigenvalue weighted by Crippen LogP contribution is 2.48. The number of rotatable bonds is 4. The van der Waals surface area contributed by atoms with E-state index in [1.165, 1.54) is 23.3 Å². The van der Waals surface area contributed by atoms with Gasteiger partial charge in [-0.2, -0.15) is 0 Å². The molecule has 4 heteroatoms. The monoisotopic (exact) mass is 265 g/mol. The van der Waals surface area contributed by atoms with Crippen molar-refractivity contribution >= 4 is 17.2 Å². The van der Waals surface area contributed by atoms with Crippen molar-refractivity contribution in [3.8, 4) is 0 Å². The normalized spacial score (nSPS) is 22.9. The van der Waals surface area contributed by atoms with Crippen LogP contribution in [0.5, 0.6) is 0 Å². The lowest BCUT2D eigenvalue weighted by Crippen LogP contribution is -2.40. The lowest BCUT2D eigenvalue weighted by atomic mass is 9.95. The maximum absolute atomic E-state index is 12.2. The van der Waals surface area contributed by atoms with Crippen molar-refractivity contribution in [1.82, 2.24) is 4.90 Å². The van der Waals surface area contributed by atoms with Crippen molar-refractivity contribution in [2.75, 3.05) is 13.2 Å². The molecule has 0 saturated heterocycles. The van der Waals surface area contributed by atoms with Crippen molar-refractivity contribution in [1.29, 1.82) is 0 Å². The molecule has 1 aromatic heterocycles. The van der Waals surface area contributed by atoms with Crippen LogP contribution in [0.1, 0.15) is 42.2 Å². The molecule has 1 aliphatic carbocycles. The van der Waals surface area contributed by atoms with Crippen molar-refractivity contribution in [2.24, 2.45) is 5.92 Å². The molecule has 1 fully saturated rings. The van der Waals surface area contributed by atoms with Gasteiger partial charge in [-0.1, -0.05) is 0 Å². The molecule has 2 heterocycles. The summed E-state index contributed by atoms with van der Waals surface area (Å²) in [5.74, 6) is 0.898. The molecular formula is C14H19NO2S. The SMILES string of the molecule is O=C(CCCO)N1CCc2sccc2C1C1CC1. The van der Waals surface area contributed by atoms with Crippen molar-refractivity contribution in [3.05, 3.63) is 21.9 Å². The summed E-state index contributed by atoms with van der Waals surface area (Å²) in [5.41, 5.74) is 1.39. The first-order valence-electron chi connectivity index (χ1n) is 6.78. The Labute approximate surface area is 111 Å². The third kappa shape index (κ3) is 2.19. The average molecular weight is 265 g/mol. The van der Waals surface area contributed by atoms with Gasteiger partial charge in [-0.25, -0.2) is 0 Å². The molecule has 0 bridgehead atoms. The third-order valence-corrected chi connectivity index (χ3v) is 4.95. The van der Waals surface area contributed by atoms with Crippen LogP contribution in [0.25, 0.3) is 0 Å². The van der Waals surface area contributed by atoms with E-state index in [-0.39, 0.29) is 12.5 Å². The Morgan fingerprint density at radius 1 is 1.50 bits per heavy atom. The van der Waals surface area contributed by atoms with Crippen molar-refractivity contribution in [2.45, 2.75) is 38.1 Å². The second-order valence-corrected chi connectivity index (χ2v) is 6.25. The van der Waals surface area contributed by atoms with Crippen LogP contribution in [0.2, 0.25) is 0 Å². The summed E-state index contributed by atoms with van der Waals surface area (Å²) in [6, 6.07) is 2.53. The average Bonchev–Trinajstić information content (AvgIpc) is 3.11. The summed E-state index contributed by atoms with van der Waals surface area (Å²) < 4.78 is 0. The molecule has 98 valence electrons. The van der Waals surface area contributed by atoms with Crippen LogP contribution in [0, 0.1) is 5.92 Å². The number of nitrogens with zero attached hydrogens (tertiary/aromatic N) is 1. The van der Waals surface area contributed by atoms with Crippen LogP contribution in [0.4, 0.5) is 0 Å². The molecule has 1 saturated carbocycles. The summed E-state index contributed by atoms with van der Waals surface area (Å²) >= 11 is 1.83. The zero-order valence-corrected chi connectivity index (χ0v) is 11.3. The van der Waals surface area contributed by atoms with Gasteiger partial charge in [0.15, 0.2) is 0 Å². The van der Waals surface area contributed by atoms with Gasteiger partial charge in [0.1, 0.15) is 0 Å². The van der Waals surface area contributed by atoms with Crippen LogP contribution in [-0.2, 0) is 11.2 Å². The molecule has 18 heavy (non-hydrogen) atoms. The number of aliphatic hydroxyl groups excluding tert-OH is 1. The molecular weight excluding hydrogens is 246 g/mol. The van der Waals surface area contributed by atoms with E-state index in [9.17, 15) is 4.79 Å². The van der Waals surface area contributed by atoms with Crippen LogP contribution in [0.15, 0.2) is 11.4 Å². The zero-order chi connectivity index (χ0) is 12.5. The molecule has 3 nitrogen and oxygen atoms in total. The van der Waals surface area contributed by atoms with Gasteiger partial charge in [-0.15, -0.1) is 11.3 Å². The minimum absolute atomic E-state index is 0.109. The smallest absolute Gasteiger partial charge is 0.223 e. The number of fused-ring (bicyclic) bond motifs is 1. The van der Waals surface area contributed by atoms with E-state index in [2.05, 4.69) is 16.3 Å². The number of thiophene rings is 1. The molecule has 1 aromatic rings. The van der Waals surface area contributed by atoms with Gasteiger partial charge in [-0.05, 0) is 48.6 Å². The molecule has 1 amide bonds. The highest BCUT2D eigenvalue weighted by atomic mass is 32.1. The highest BCUT2D eigenvalue weighted by Gasteiger charge is 2.41. The second-order valence-electron chi connectivity index (χ2n) is 5.25. The van der Waals surface area contributed by atoms with Crippen LogP contribution in [-0.4, -0.2) is 29.1 Å². The minimum atomic E-state index is 0.109. The standard InChI is InChI=1S/C14H19NO2S/c16-8-1-2-13(17)15-7-5-12-11(6-9-18-12)14(15)10-3-4-10/h6,9-10,14,16H,1-5,7-8H2. The molecule has 1 unspecified atom stereocenters. The van der Waals surface area contributed by atoms with E-state index in [1.807, 2.05) is 11.3 Å². The Bertz CT molecular complexity index is 439. The first kappa shape index (κ1) is 12.2. The first-order valence-corrected chi connectivity index (χ1v) is 7.66. The fourth-order valence-electron chi connectivity index (χ4n) is 2.92. The maximum atomic E-state index is 12.2. The van der Waals surface area contributed by atoms with Gasteiger partial charge < -0.3 is 10.0 Å². The van der Waals surface area contributed by atoms with Gasteiger partial charge in [0.2, 0.25) is 5.91 Å². The van der Waals surface area contributed by atoms with E-state index in [0.717, 1.165) is 13.0 Å². The Hall–Kier alpha value is -0.870. The molecule has 0 spiro atoms. The molecule has 0 radical (unpaired) electrons. The molecule has 2 aliphatic rings. The van der Waals surface area contributed by atoms with Crippen molar-refractivity contribution < 1.29 is 9.90 Å². The Morgan fingerprint density at radius 3 is 3.06 bits per heavy atom. The summed E-state index contributed by atoms with van der Waals surface area (Å²) in [7, 11) is 0. The second kappa shape index (κ2) is 5.02. The number of carbonyl (C=O) groups is 1. The number of aliphatic hydroxyl groups is 1. The number of carbonyl (C=O) groups excluding carboxylic acids is 1. The predicted octanol–water partition coefficient (Wildman–Crippen LogP) is 2.36. The van der Waals surface area contributed by atoms with Gasteiger partial charge in [-0.3, -0.25) is 4.79 Å². The third-order valence-electron chi connectivity index (χ3n) is 3.95. The summed E-state index contributed by atoms with van der Waals surface area (Å²) in [4.78, 5) is 15.8. The van der Waals surface area contributed by atoms with Gasteiger partial charge >= 0.3 is 0 Å². The van der Waals surface area contributed by atoms with E-state index in [0.29, 0.717) is 24.8 Å². The largest absolute Gasteiger partial charge is 0.396 e. The number of hydrogen-bond acceptors (Lipinski definition) is 3.